The molecule has 148 valence electrons. The first kappa shape index (κ1) is 19.9. The molecule has 1 aliphatic rings. The van der Waals surface area contributed by atoms with E-state index in [1.165, 1.54) is 0 Å². The summed E-state index contributed by atoms with van der Waals surface area (Å²) in [4.78, 5) is 27.3. The molecule has 2 amide bonds. The predicted molar refractivity (Wildman–Crippen MR) is 108 cm³/mol. The molecule has 6 nitrogen and oxygen atoms in total. The van der Waals surface area contributed by atoms with Gasteiger partial charge in [0, 0.05) is 13.1 Å². The van der Waals surface area contributed by atoms with E-state index in [4.69, 9.17) is 9.47 Å². The summed E-state index contributed by atoms with van der Waals surface area (Å²) >= 11 is 0. The van der Waals surface area contributed by atoms with Crippen molar-refractivity contribution in [2.75, 3.05) is 31.6 Å². The maximum absolute atomic E-state index is 12.8. The number of hydrogen-bond donors (Lipinski definition) is 1. The minimum absolute atomic E-state index is 0.107. The first-order valence-corrected chi connectivity index (χ1v) is 9.61. The molecule has 3 rings (SSSR count). The van der Waals surface area contributed by atoms with E-state index in [1.54, 1.807) is 36.1 Å². The Morgan fingerprint density at radius 3 is 2.54 bits per heavy atom. The highest BCUT2D eigenvalue weighted by atomic mass is 16.5. The molecule has 28 heavy (non-hydrogen) atoms. The van der Waals surface area contributed by atoms with Gasteiger partial charge in [0.1, 0.15) is 5.75 Å². The molecule has 1 N–H and O–H groups in total. The summed E-state index contributed by atoms with van der Waals surface area (Å²) in [6.07, 6.45) is 0.126. The Bertz CT molecular complexity index is 831. The standard InChI is InChI=1S/C22H26N2O4/c1-3-17-8-4-7-11-20(17)28-16(2)21(25)23-19-10-6-5-9-18(19)22(26)24-12-14-27-15-13-24/h4-11,16H,3,12-15H2,1-2H3,(H,23,25)/t16-/m1/s1. The van der Waals surface area contributed by atoms with Gasteiger partial charge in [-0.1, -0.05) is 37.3 Å². The molecule has 6 heteroatoms. The lowest BCUT2D eigenvalue weighted by atomic mass is 10.1. The van der Waals surface area contributed by atoms with Crippen molar-refractivity contribution < 1.29 is 19.1 Å². The van der Waals surface area contributed by atoms with Crippen LogP contribution in [-0.2, 0) is 16.0 Å². The molecule has 0 unspecified atom stereocenters. The van der Waals surface area contributed by atoms with Crippen LogP contribution in [0.4, 0.5) is 5.69 Å². The topological polar surface area (TPSA) is 67.9 Å². The highest BCUT2D eigenvalue weighted by Crippen LogP contribution is 2.22. The quantitative estimate of drug-likeness (QED) is 0.834. The molecule has 1 aliphatic heterocycles. The molecule has 1 fully saturated rings. The van der Waals surface area contributed by atoms with Gasteiger partial charge in [-0.05, 0) is 37.1 Å². The predicted octanol–water partition coefficient (Wildman–Crippen LogP) is 3.13. The molecular weight excluding hydrogens is 356 g/mol. The van der Waals surface area contributed by atoms with Gasteiger partial charge in [0.2, 0.25) is 0 Å². The number of nitrogens with one attached hydrogen (secondary N) is 1. The van der Waals surface area contributed by atoms with Gasteiger partial charge in [0.05, 0.1) is 24.5 Å². The Balaban J connectivity index is 1.70. The number of rotatable bonds is 6. The zero-order valence-corrected chi connectivity index (χ0v) is 16.3. The number of hydrogen-bond acceptors (Lipinski definition) is 4. The fraction of sp³-hybridized carbons (Fsp3) is 0.364. The number of nitrogens with zero attached hydrogens (tertiary/aromatic N) is 1. The highest BCUT2D eigenvalue weighted by molar-refractivity contribution is 6.04. The minimum atomic E-state index is -0.695. The second kappa shape index (κ2) is 9.37. The Kier molecular flexibility index (Phi) is 6.66. The lowest BCUT2D eigenvalue weighted by Crippen LogP contribution is -2.41. The third kappa shape index (κ3) is 4.70. The number of para-hydroxylation sites is 2. The third-order valence-electron chi connectivity index (χ3n) is 4.74. The molecule has 0 bridgehead atoms. The molecule has 2 aromatic rings. The molecule has 0 radical (unpaired) electrons. The number of ether oxygens (including phenoxy) is 2. The second-order valence-corrected chi connectivity index (χ2v) is 6.66. The fourth-order valence-corrected chi connectivity index (χ4v) is 3.10. The summed E-state index contributed by atoms with van der Waals surface area (Å²) in [5.41, 5.74) is 2.01. The summed E-state index contributed by atoms with van der Waals surface area (Å²) in [7, 11) is 0. The summed E-state index contributed by atoms with van der Waals surface area (Å²) in [6.45, 7) is 5.90. The summed E-state index contributed by atoms with van der Waals surface area (Å²) in [6, 6.07) is 14.7. The SMILES string of the molecule is CCc1ccccc1O[C@H](C)C(=O)Nc1ccccc1C(=O)N1CCOCC1. The number of benzene rings is 2. The Morgan fingerprint density at radius 1 is 1.11 bits per heavy atom. The second-order valence-electron chi connectivity index (χ2n) is 6.66. The van der Waals surface area contributed by atoms with Crippen LogP contribution in [0, 0.1) is 0 Å². The lowest BCUT2D eigenvalue weighted by Gasteiger charge is -2.27. The smallest absolute Gasteiger partial charge is 0.265 e. The number of aryl methyl sites for hydroxylation is 1. The van der Waals surface area contributed by atoms with Crippen LogP contribution in [0.15, 0.2) is 48.5 Å². The molecular formula is C22H26N2O4. The summed E-state index contributed by atoms with van der Waals surface area (Å²) in [5.74, 6) is 0.294. The van der Waals surface area contributed by atoms with Gasteiger partial charge in [-0.3, -0.25) is 9.59 Å². The van der Waals surface area contributed by atoms with Crippen LogP contribution in [0.25, 0.3) is 0 Å². The number of anilines is 1. The molecule has 1 heterocycles. The van der Waals surface area contributed by atoms with E-state index < -0.39 is 6.10 Å². The maximum atomic E-state index is 12.8. The van der Waals surface area contributed by atoms with Crippen LogP contribution < -0.4 is 10.1 Å². The van der Waals surface area contributed by atoms with Gasteiger partial charge in [-0.2, -0.15) is 0 Å². The lowest BCUT2D eigenvalue weighted by molar-refractivity contribution is -0.122. The highest BCUT2D eigenvalue weighted by Gasteiger charge is 2.23. The minimum Gasteiger partial charge on any atom is -0.481 e. The zero-order chi connectivity index (χ0) is 19.9. The van der Waals surface area contributed by atoms with Crippen molar-refractivity contribution >= 4 is 17.5 Å². The van der Waals surface area contributed by atoms with Crippen molar-refractivity contribution in [2.45, 2.75) is 26.4 Å². The molecule has 0 saturated carbocycles. The van der Waals surface area contributed by atoms with E-state index in [2.05, 4.69) is 5.32 Å². The zero-order valence-electron chi connectivity index (χ0n) is 16.3. The van der Waals surface area contributed by atoms with Crippen LogP contribution in [-0.4, -0.2) is 49.1 Å². The Hall–Kier alpha value is -2.86. The van der Waals surface area contributed by atoms with Crippen LogP contribution >= 0.6 is 0 Å². The number of morpholine rings is 1. The molecule has 2 aromatic carbocycles. The van der Waals surface area contributed by atoms with Crippen molar-refractivity contribution in [3.63, 3.8) is 0 Å². The van der Waals surface area contributed by atoms with Crippen LogP contribution in [0.3, 0.4) is 0 Å². The van der Waals surface area contributed by atoms with Gasteiger partial charge >= 0.3 is 0 Å². The van der Waals surface area contributed by atoms with E-state index in [1.807, 2.05) is 31.2 Å². The van der Waals surface area contributed by atoms with Crippen molar-refractivity contribution in [3.8, 4) is 5.75 Å². The van der Waals surface area contributed by atoms with Crippen molar-refractivity contribution in [1.82, 2.24) is 4.90 Å². The molecule has 1 atom stereocenters. The Morgan fingerprint density at radius 2 is 1.79 bits per heavy atom. The number of amides is 2. The van der Waals surface area contributed by atoms with Gasteiger partial charge in [0.25, 0.3) is 11.8 Å². The summed E-state index contributed by atoms with van der Waals surface area (Å²) < 4.78 is 11.2. The van der Waals surface area contributed by atoms with Gasteiger partial charge in [-0.15, -0.1) is 0 Å². The maximum Gasteiger partial charge on any atom is 0.265 e. The fourth-order valence-electron chi connectivity index (χ4n) is 3.10. The average Bonchev–Trinajstić information content (AvgIpc) is 2.74. The first-order chi connectivity index (χ1) is 13.6. The number of carbonyl (C=O) groups excluding carboxylic acids is 2. The van der Waals surface area contributed by atoms with E-state index in [0.29, 0.717) is 43.3 Å². The third-order valence-corrected chi connectivity index (χ3v) is 4.74. The van der Waals surface area contributed by atoms with E-state index in [9.17, 15) is 9.59 Å². The van der Waals surface area contributed by atoms with Gasteiger partial charge in [-0.25, -0.2) is 0 Å². The molecule has 0 aliphatic carbocycles. The molecule has 0 aromatic heterocycles. The largest absolute Gasteiger partial charge is 0.481 e. The van der Waals surface area contributed by atoms with E-state index in [-0.39, 0.29) is 11.8 Å². The van der Waals surface area contributed by atoms with Crippen molar-refractivity contribution in [3.05, 3.63) is 59.7 Å². The average molecular weight is 382 g/mol. The Labute approximate surface area is 165 Å². The molecule has 0 spiro atoms. The van der Waals surface area contributed by atoms with Crippen molar-refractivity contribution in [2.24, 2.45) is 0 Å². The van der Waals surface area contributed by atoms with Crippen LogP contribution in [0.2, 0.25) is 0 Å². The van der Waals surface area contributed by atoms with Gasteiger partial charge < -0.3 is 19.7 Å². The van der Waals surface area contributed by atoms with E-state index in [0.717, 1.165) is 12.0 Å². The number of carbonyl (C=O) groups is 2. The van der Waals surface area contributed by atoms with Crippen LogP contribution in [0.1, 0.15) is 29.8 Å². The first-order valence-electron chi connectivity index (χ1n) is 9.61. The summed E-state index contributed by atoms with van der Waals surface area (Å²) in [5, 5.41) is 2.85. The normalized spacial score (nSPS) is 15.0. The van der Waals surface area contributed by atoms with Crippen LogP contribution in [0.5, 0.6) is 5.75 Å². The van der Waals surface area contributed by atoms with Gasteiger partial charge in [0.15, 0.2) is 6.10 Å². The van der Waals surface area contributed by atoms with E-state index >= 15 is 0 Å². The molecule has 1 saturated heterocycles. The van der Waals surface area contributed by atoms with Crippen molar-refractivity contribution in [1.29, 1.82) is 0 Å². The monoisotopic (exact) mass is 382 g/mol.